The van der Waals surface area contributed by atoms with Crippen LogP contribution in [0.2, 0.25) is 0 Å². The van der Waals surface area contributed by atoms with Crippen molar-refractivity contribution in [1.82, 2.24) is 0 Å². The zero-order valence-electron chi connectivity index (χ0n) is 21.4. The maximum Gasteiger partial charge on any atom is 0.210 e. The van der Waals surface area contributed by atoms with Crippen LogP contribution < -0.4 is 9.47 Å². The van der Waals surface area contributed by atoms with E-state index in [2.05, 4.69) is 162 Å². The highest BCUT2D eigenvalue weighted by molar-refractivity contribution is 5.76. The molecule has 0 unspecified atom stereocenters. The van der Waals surface area contributed by atoms with Crippen molar-refractivity contribution in [1.29, 1.82) is 0 Å². The van der Waals surface area contributed by atoms with Crippen molar-refractivity contribution in [3.63, 3.8) is 0 Å². The van der Waals surface area contributed by atoms with E-state index in [-0.39, 0.29) is 0 Å². The number of pyridine rings is 1. The van der Waals surface area contributed by atoms with Gasteiger partial charge < -0.3 is 4.90 Å². The fraction of sp³-hybridized carbons (Fsp3) is 0.0833. The molecule has 0 atom stereocenters. The number of hydrogen-bond acceptors (Lipinski definition) is 1. The van der Waals surface area contributed by atoms with Gasteiger partial charge in [0, 0.05) is 42.7 Å². The summed E-state index contributed by atoms with van der Waals surface area (Å²) in [5.41, 5.74) is 10.2. The Kier molecular flexibility index (Phi) is 6.95. The molecule has 2 heteroatoms. The molecule has 0 N–H and O–H groups in total. The van der Waals surface area contributed by atoms with Gasteiger partial charge in [-0.15, -0.1) is 0 Å². The van der Waals surface area contributed by atoms with Crippen molar-refractivity contribution in [3.05, 3.63) is 180 Å². The van der Waals surface area contributed by atoms with Gasteiger partial charge in [0.15, 0.2) is 12.4 Å². The first-order valence-electron chi connectivity index (χ1n) is 13.2. The fourth-order valence-corrected chi connectivity index (χ4v) is 4.95. The van der Waals surface area contributed by atoms with Crippen molar-refractivity contribution >= 4 is 11.3 Å². The lowest BCUT2D eigenvalue weighted by Crippen LogP contribution is -2.29. The summed E-state index contributed by atoms with van der Waals surface area (Å²) in [6.07, 6.45) is 12.9. The van der Waals surface area contributed by atoms with Crippen molar-refractivity contribution < 1.29 is 4.57 Å². The fourth-order valence-electron chi connectivity index (χ4n) is 4.95. The van der Waals surface area contributed by atoms with Gasteiger partial charge in [0.05, 0.1) is 0 Å². The van der Waals surface area contributed by atoms with E-state index in [4.69, 9.17) is 0 Å². The Morgan fingerprint density at radius 1 is 0.553 bits per heavy atom. The summed E-state index contributed by atoms with van der Waals surface area (Å²) in [4.78, 5) is 2.29. The van der Waals surface area contributed by atoms with Gasteiger partial charge in [0.2, 0.25) is 5.69 Å². The second-order valence-electron chi connectivity index (χ2n) is 9.78. The van der Waals surface area contributed by atoms with Gasteiger partial charge in [-0.05, 0) is 64.4 Å². The number of anilines is 1. The van der Waals surface area contributed by atoms with Gasteiger partial charge in [0.25, 0.3) is 0 Å². The molecule has 0 radical (unpaired) electrons. The van der Waals surface area contributed by atoms with Crippen molar-refractivity contribution in [2.75, 3.05) is 11.4 Å². The van der Waals surface area contributed by atoms with E-state index < -0.39 is 0 Å². The highest BCUT2D eigenvalue weighted by Gasteiger charge is 2.11. The lowest BCUT2D eigenvalue weighted by Gasteiger charge is -2.23. The van der Waals surface area contributed by atoms with E-state index in [1.165, 1.54) is 44.8 Å². The maximum atomic E-state index is 2.30. The second-order valence-corrected chi connectivity index (χ2v) is 9.78. The van der Waals surface area contributed by atoms with Crippen LogP contribution in [0.3, 0.4) is 0 Å². The average Bonchev–Trinajstić information content (AvgIpc) is 2.99. The van der Waals surface area contributed by atoms with Crippen LogP contribution in [0.5, 0.6) is 0 Å². The normalized spacial score (nSPS) is 12.8. The van der Waals surface area contributed by atoms with Gasteiger partial charge >= 0.3 is 0 Å². The molecule has 0 spiro atoms. The number of hydrogen-bond donors (Lipinski definition) is 0. The van der Waals surface area contributed by atoms with E-state index in [0.29, 0.717) is 0 Å². The molecule has 0 saturated carbocycles. The standard InChI is InChI=1S/C36H31N2/c1-3-7-29(8-4-1)27-31-11-15-35(16-12-31)37-23-19-33(20-24-37)34-21-25-38(26-22-34)36-17-13-32(14-18-36)28-30-9-5-2-6-10-30/h1-25H,26-28H2/q+1. The lowest BCUT2D eigenvalue weighted by atomic mass is 10.0. The first-order chi connectivity index (χ1) is 18.8. The molecule has 38 heavy (non-hydrogen) atoms. The van der Waals surface area contributed by atoms with Gasteiger partial charge in [0.1, 0.15) is 0 Å². The summed E-state index contributed by atoms with van der Waals surface area (Å²) >= 11 is 0. The van der Waals surface area contributed by atoms with Crippen molar-refractivity contribution in [2.24, 2.45) is 0 Å². The molecule has 0 saturated heterocycles. The molecule has 0 amide bonds. The first kappa shape index (κ1) is 23.7. The minimum atomic E-state index is 0.863. The SMILES string of the molecule is C1=CN(c2ccc(Cc3ccccc3)cc2)CC=C1c1cc[n+](-c2ccc(Cc3ccccc3)cc2)cc1. The first-order valence-corrected chi connectivity index (χ1v) is 13.2. The minimum absolute atomic E-state index is 0.863. The summed E-state index contributed by atoms with van der Waals surface area (Å²) in [6, 6.07) is 43.4. The molecule has 184 valence electrons. The Labute approximate surface area is 225 Å². The van der Waals surface area contributed by atoms with Crippen LogP contribution in [-0.4, -0.2) is 6.54 Å². The third-order valence-corrected chi connectivity index (χ3v) is 7.11. The molecule has 1 aromatic heterocycles. The smallest absolute Gasteiger partial charge is 0.210 e. The summed E-state index contributed by atoms with van der Waals surface area (Å²) in [6.45, 7) is 0.863. The predicted octanol–water partition coefficient (Wildman–Crippen LogP) is 7.56. The zero-order valence-corrected chi connectivity index (χ0v) is 21.4. The molecule has 4 aromatic carbocycles. The van der Waals surface area contributed by atoms with Gasteiger partial charge in [-0.2, -0.15) is 4.57 Å². The van der Waals surface area contributed by atoms with Crippen LogP contribution >= 0.6 is 0 Å². The van der Waals surface area contributed by atoms with E-state index in [9.17, 15) is 0 Å². The second kappa shape index (κ2) is 11.1. The maximum absolute atomic E-state index is 2.30. The highest BCUT2D eigenvalue weighted by atomic mass is 15.1. The predicted molar refractivity (Wildman–Crippen MR) is 157 cm³/mol. The number of benzene rings is 4. The molecule has 0 aliphatic carbocycles. The van der Waals surface area contributed by atoms with Crippen LogP contribution in [0.25, 0.3) is 11.3 Å². The van der Waals surface area contributed by atoms with Gasteiger partial charge in [-0.1, -0.05) is 91.0 Å². The molecular weight excluding hydrogens is 460 g/mol. The number of allylic oxidation sites excluding steroid dienone is 2. The van der Waals surface area contributed by atoms with Crippen LogP contribution in [0.15, 0.2) is 152 Å². The molecule has 6 rings (SSSR count). The molecule has 2 nitrogen and oxygen atoms in total. The summed E-state index contributed by atoms with van der Waals surface area (Å²) in [7, 11) is 0. The molecular formula is C36H31N2+. The Bertz CT molecular complexity index is 1530. The van der Waals surface area contributed by atoms with Gasteiger partial charge in [-0.3, -0.25) is 0 Å². The van der Waals surface area contributed by atoms with E-state index in [1.54, 1.807) is 0 Å². The van der Waals surface area contributed by atoms with Crippen LogP contribution in [0.4, 0.5) is 5.69 Å². The lowest BCUT2D eigenvalue weighted by molar-refractivity contribution is -0.595. The molecule has 1 aliphatic rings. The van der Waals surface area contributed by atoms with E-state index >= 15 is 0 Å². The summed E-state index contributed by atoms with van der Waals surface area (Å²) in [5, 5.41) is 0. The zero-order chi connectivity index (χ0) is 25.6. The third-order valence-electron chi connectivity index (χ3n) is 7.11. The minimum Gasteiger partial charge on any atom is -0.344 e. The Balaban J connectivity index is 1.07. The van der Waals surface area contributed by atoms with E-state index in [1.807, 2.05) is 0 Å². The molecule has 0 bridgehead atoms. The molecule has 1 aliphatic heterocycles. The van der Waals surface area contributed by atoms with Gasteiger partial charge in [-0.25, -0.2) is 0 Å². The van der Waals surface area contributed by atoms with Crippen LogP contribution in [0.1, 0.15) is 27.8 Å². The van der Waals surface area contributed by atoms with Crippen LogP contribution in [-0.2, 0) is 12.8 Å². The molecule has 2 heterocycles. The summed E-state index contributed by atoms with van der Waals surface area (Å²) in [5.74, 6) is 0. The molecule has 0 fully saturated rings. The third kappa shape index (κ3) is 5.66. The average molecular weight is 492 g/mol. The quantitative estimate of drug-likeness (QED) is 0.213. The number of nitrogens with zero attached hydrogens (tertiary/aromatic N) is 2. The van der Waals surface area contributed by atoms with Crippen molar-refractivity contribution in [2.45, 2.75) is 12.8 Å². The van der Waals surface area contributed by atoms with Crippen molar-refractivity contribution in [3.8, 4) is 5.69 Å². The topological polar surface area (TPSA) is 7.12 Å². The number of rotatable bonds is 7. The number of aromatic nitrogens is 1. The Morgan fingerprint density at radius 3 is 1.61 bits per heavy atom. The molecule has 5 aromatic rings. The largest absolute Gasteiger partial charge is 0.344 e. The Hall–Kier alpha value is -4.69. The Morgan fingerprint density at radius 2 is 1.08 bits per heavy atom. The monoisotopic (exact) mass is 491 g/mol. The van der Waals surface area contributed by atoms with E-state index in [0.717, 1.165) is 19.4 Å². The highest BCUT2D eigenvalue weighted by Crippen LogP contribution is 2.24. The van der Waals surface area contributed by atoms with Crippen LogP contribution in [0, 0.1) is 0 Å². The summed E-state index contributed by atoms with van der Waals surface area (Å²) < 4.78 is 2.17.